The van der Waals surface area contributed by atoms with Crippen LogP contribution in [0.1, 0.15) is 32.4 Å². The monoisotopic (exact) mass is 293 g/mol. The number of nitrogens with one attached hydrogen (secondary N) is 1. The topological polar surface area (TPSA) is 39.7 Å². The molecule has 0 amide bonds. The molecule has 4 nitrogen and oxygen atoms in total. The molecule has 0 bridgehead atoms. The van der Waals surface area contributed by atoms with Crippen molar-refractivity contribution in [1.29, 1.82) is 0 Å². The van der Waals surface area contributed by atoms with Crippen molar-refractivity contribution in [2.45, 2.75) is 39.0 Å². The van der Waals surface area contributed by atoms with E-state index in [1.165, 1.54) is 5.56 Å². The number of hydrogen-bond acceptors (Lipinski definition) is 4. The Morgan fingerprint density at radius 1 is 1.00 bits per heavy atom. The maximum atomic E-state index is 6.00. The van der Waals surface area contributed by atoms with Gasteiger partial charge in [0.25, 0.3) is 0 Å². The molecule has 4 heteroatoms. The van der Waals surface area contributed by atoms with Gasteiger partial charge in [-0.2, -0.15) is 0 Å². The highest BCUT2D eigenvalue weighted by atomic mass is 16.5. The molecule has 1 fully saturated rings. The summed E-state index contributed by atoms with van der Waals surface area (Å²) in [5.74, 6) is 2.55. The standard InChI is InChI=1S/C17H27NO3/c1-10-11(2)21-12(3)16(10)17(18-4)13-7-14(19-5)9-15(8-13)20-6/h7-12,16-18H,1-6H3. The highest BCUT2D eigenvalue weighted by Crippen LogP contribution is 2.41. The van der Waals surface area contributed by atoms with Crippen LogP contribution >= 0.6 is 0 Å². The van der Waals surface area contributed by atoms with Crippen LogP contribution in [0.15, 0.2) is 18.2 Å². The minimum atomic E-state index is 0.212. The van der Waals surface area contributed by atoms with Crippen LogP contribution in [0.5, 0.6) is 11.5 Å². The van der Waals surface area contributed by atoms with E-state index in [1.807, 2.05) is 13.1 Å². The first kappa shape index (κ1) is 16.1. The summed E-state index contributed by atoms with van der Waals surface area (Å²) in [5.41, 5.74) is 1.18. The van der Waals surface area contributed by atoms with Gasteiger partial charge in [-0.3, -0.25) is 0 Å². The van der Waals surface area contributed by atoms with Gasteiger partial charge < -0.3 is 19.5 Å². The fourth-order valence-corrected chi connectivity index (χ4v) is 3.46. The smallest absolute Gasteiger partial charge is 0.122 e. The van der Waals surface area contributed by atoms with E-state index in [2.05, 4.69) is 38.2 Å². The van der Waals surface area contributed by atoms with Crippen molar-refractivity contribution >= 4 is 0 Å². The van der Waals surface area contributed by atoms with Crippen molar-refractivity contribution < 1.29 is 14.2 Å². The molecule has 1 aliphatic heterocycles. The van der Waals surface area contributed by atoms with Gasteiger partial charge in [-0.1, -0.05) is 6.92 Å². The summed E-state index contributed by atoms with van der Waals surface area (Å²) < 4.78 is 16.8. The highest BCUT2D eigenvalue weighted by molar-refractivity contribution is 5.40. The Morgan fingerprint density at radius 3 is 1.95 bits per heavy atom. The van der Waals surface area contributed by atoms with E-state index in [0.29, 0.717) is 11.8 Å². The zero-order valence-corrected chi connectivity index (χ0v) is 13.8. The molecule has 1 aromatic carbocycles. The minimum Gasteiger partial charge on any atom is -0.497 e. The molecule has 1 aliphatic rings. The number of benzene rings is 1. The molecule has 1 heterocycles. The van der Waals surface area contributed by atoms with E-state index < -0.39 is 0 Å². The molecule has 1 saturated heterocycles. The first-order chi connectivity index (χ1) is 10.0. The Kier molecular flexibility index (Phi) is 5.12. The maximum Gasteiger partial charge on any atom is 0.122 e. The van der Waals surface area contributed by atoms with E-state index in [9.17, 15) is 0 Å². The average Bonchev–Trinajstić information content (AvgIpc) is 2.74. The van der Waals surface area contributed by atoms with Gasteiger partial charge >= 0.3 is 0 Å². The van der Waals surface area contributed by atoms with Gasteiger partial charge in [0, 0.05) is 18.0 Å². The minimum absolute atomic E-state index is 0.212. The molecule has 118 valence electrons. The second-order valence-electron chi connectivity index (χ2n) is 5.90. The van der Waals surface area contributed by atoms with Crippen molar-refractivity contribution in [2.75, 3.05) is 21.3 Å². The summed E-state index contributed by atoms with van der Waals surface area (Å²) in [4.78, 5) is 0. The Labute approximate surface area is 127 Å². The van der Waals surface area contributed by atoms with E-state index in [0.717, 1.165) is 11.5 Å². The Hall–Kier alpha value is -1.26. The maximum absolute atomic E-state index is 6.00. The predicted octanol–water partition coefficient (Wildman–Crippen LogP) is 3.02. The molecular formula is C17H27NO3. The fraction of sp³-hybridized carbons (Fsp3) is 0.647. The molecule has 0 saturated carbocycles. The lowest BCUT2D eigenvalue weighted by atomic mass is 9.80. The van der Waals surface area contributed by atoms with Crippen LogP contribution in [0.3, 0.4) is 0 Å². The third-order valence-corrected chi connectivity index (χ3v) is 4.75. The first-order valence-corrected chi connectivity index (χ1v) is 7.57. The summed E-state index contributed by atoms with van der Waals surface area (Å²) in [6.45, 7) is 6.58. The number of methoxy groups -OCH3 is 2. The fourth-order valence-electron chi connectivity index (χ4n) is 3.46. The van der Waals surface area contributed by atoms with Gasteiger partial charge in [0.15, 0.2) is 0 Å². The molecule has 1 N–H and O–H groups in total. The summed E-state index contributed by atoms with van der Waals surface area (Å²) >= 11 is 0. The molecule has 0 aromatic heterocycles. The SMILES string of the molecule is CNC(c1cc(OC)cc(OC)c1)C1C(C)OC(C)C1C. The van der Waals surface area contributed by atoms with Gasteiger partial charge in [-0.05, 0) is 44.5 Å². The van der Waals surface area contributed by atoms with Crippen molar-refractivity contribution in [3.05, 3.63) is 23.8 Å². The quantitative estimate of drug-likeness (QED) is 0.906. The van der Waals surface area contributed by atoms with Crippen LogP contribution in [-0.2, 0) is 4.74 Å². The molecule has 1 aromatic rings. The zero-order chi connectivity index (χ0) is 15.6. The largest absolute Gasteiger partial charge is 0.497 e. The second-order valence-corrected chi connectivity index (χ2v) is 5.90. The van der Waals surface area contributed by atoms with Crippen molar-refractivity contribution in [3.8, 4) is 11.5 Å². The molecule has 5 unspecified atom stereocenters. The van der Waals surface area contributed by atoms with Gasteiger partial charge in [0.2, 0.25) is 0 Å². The van der Waals surface area contributed by atoms with Gasteiger partial charge in [0.1, 0.15) is 11.5 Å². The van der Waals surface area contributed by atoms with Gasteiger partial charge in [0.05, 0.1) is 26.4 Å². The van der Waals surface area contributed by atoms with Crippen molar-refractivity contribution in [1.82, 2.24) is 5.32 Å². The van der Waals surface area contributed by atoms with Crippen LogP contribution in [0, 0.1) is 11.8 Å². The number of rotatable bonds is 5. The van der Waals surface area contributed by atoms with Crippen LogP contribution < -0.4 is 14.8 Å². The lowest BCUT2D eigenvalue weighted by Gasteiger charge is -2.29. The number of hydrogen-bond donors (Lipinski definition) is 1. The molecule has 0 aliphatic carbocycles. The van der Waals surface area contributed by atoms with E-state index >= 15 is 0 Å². The van der Waals surface area contributed by atoms with Crippen LogP contribution in [0.4, 0.5) is 0 Å². The van der Waals surface area contributed by atoms with Crippen molar-refractivity contribution in [2.24, 2.45) is 11.8 Å². The van der Waals surface area contributed by atoms with Crippen LogP contribution in [0.2, 0.25) is 0 Å². The Morgan fingerprint density at radius 2 is 1.57 bits per heavy atom. The summed E-state index contributed by atoms with van der Waals surface area (Å²) in [7, 11) is 5.36. The van der Waals surface area contributed by atoms with Gasteiger partial charge in [-0.25, -0.2) is 0 Å². The van der Waals surface area contributed by atoms with E-state index in [1.54, 1.807) is 14.2 Å². The number of ether oxygens (including phenoxy) is 3. The van der Waals surface area contributed by atoms with E-state index in [-0.39, 0.29) is 18.2 Å². The van der Waals surface area contributed by atoms with Crippen molar-refractivity contribution in [3.63, 3.8) is 0 Å². The Balaban J connectivity index is 2.37. The van der Waals surface area contributed by atoms with Gasteiger partial charge in [-0.15, -0.1) is 0 Å². The lowest BCUT2D eigenvalue weighted by molar-refractivity contribution is 0.0478. The Bertz CT molecular complexity index is 455. The summed E-state index contributed by atoms with van der Waals surface area (Å²) in [6, 6.07) is 6.26. The third kappa shape index (κ3) is 3.16. The zero-order valence-electron chi connectivity index (χ0n) is 13.8. The summed E-state index contributed by atoms with van der Waals surface area (Å²) in [5, 5.41) is 3.45. The molecule has 0 radical (unpaired) electrons. The molecule has 0 spiro atoms. The summed E-state index contributed by atoms with van der Waals surface area (Å²) in [6.07, 6.45) is 0.512. The highest BCUT2D eigenvalue weighted by Gasteiger charge is 2.41. The average molecular weight is 293 g/mol. The molecule has 5 atom stereocenters. The van der Waals surface area contributed by atoms with E-state index in [4.69, 9.17) is 14.2 Å². The second kappa shape index (κ2) is 6.67. The predicted molar refractivity (Wildman–Crippen MR) is 84.0 cm³/mol. The molecule has 2 rings (SSSR count). The first-order valence-electron chi connectivity index (χ1n) is 7.57. The van der Waals surface area contributed by atoms with Crippen LogP contribution in [-0.4, -0.2) is 33.5 Å². The normalized spacial score (nSPS) is 30.2. The lowest BCUT2D eigenvalue weighted by Crippen LogP contribution is -2.33. The molecular weight excluding hydrogens is 266 g/mol. The third-order valence-electron chi connectivity index (χ3n) is 4.75. The molecule has 21 heavy (non-hydrogen) atoms. The van der Waals surface area contributed by atoms with Crippen LogP contribution in [0.25, 0.3) is 0 Å².